The van der Waals surface area contributed by atoms with E-state index in [0.29, 0.717) is 16.9 Å². The minimum atomic E-state index is -0.885. The number of rotatable bonds is 2. The Morgan fingerprint density at radius 1 is 1.20 bits per heavy atom. The molecule has 3 aromatic rings. The Morgan fingerprint density at radius 2 is 2.04 bits per heavy atom. The lowest BCUT2D eigenvalue weighted by molar-refractivity contribution is 0.0697. The van der Waals surface area contributed by atoms with Gasteiger partial charge >= 0.3 is 5.97 Å². The van der Waals surface area contributed by atoms with Crippen molar-refractivity contribution in [3.63, 3.8) is 0 Å². The van der Waals surface area contributed by atoms with Crippen LogP contribution in [0.2, 0.25) is 0 Å². The Hall–Kier alpha value is -3.01. The lowest BCUT2D eigenvalue weighted by Gasteiger charge is -2.26. The number of aromatic nitrogens is 2. The number of hydrogen-bond donors (Lipinski definition) is 1. The first kappa shape index (κ1) is 15.5. The van der Waals surface area contributed by atoms with Gasteiger partial charge in [-0.2, -0.15) is 0 Å². The van der Waals surface area contributed by atoms with Crippen LogP contribution in [0.5, 0.6) is 0 Å². The first-order valence-corrected chi connectivity index (χ1v) is 8.39. The highest BCUT2D eigenvalue weighted by Gasteiger charge is 2.27. The van der Waals surface area contributed by atoms with E-state index in [1.165, 1.54) is 0 Å². The van der Waals surface area contributed by atoms with E-state index in [1.807, 2.05) is 42.6 Å². The van der Waals surface area contributed by atoms with Crippen LogP contribution in [0.15, 0.2) is 48.8 Å². The van der Waals surface area contributed by atoms with Gasteiger partial charge in [0.25, 0.3) is 0 Å². The maximum atomic E-state index is 12.0. The van der Waals surface area contributed by atoms with Crippen LogP contribution in [0.4, 0.5) is 0 Å². The molecule has 2 aromatic heterocycles. The molecule has 1 aliphatic carbocycles. The van der Waals surface area contributed by atoms with Crippen LogP contribution < -0.4 is 0 Å². The highest BCUT2D eigenvalue weighted by Crippen LogP contribution is 2.38. The van der Waals surface area contributed by atoms with Gasteiger partial charge in [0, 0.05) is 17.8 Å². The fourth-order valence-corrected chi connectivity index (χ4v) is 3.64. The first-order chi connectivity index (χ1) is 12.1. The fraction of sp³-hybridized carbons (Fsp3) is 0.190. The van der Waals surface area contributed by atoms with Gasteiger partial charge < -0.3 is 5.11 Å². The molecule has 1 unspecified atom stereocenters. The third kappa shape index (κ3) is 2.80. The molecule has 1 N–H and O–H groups in total. The number of aromatic carboxylic acids is 1. The minimum Gasteiger partial charge on any atom is -0.478 e. The van der Waals surface area contributed by atoms with Gasteiger partial charge in [0.05, 0.1) is 16.8 Å². The molecule has 0 amide bonds. The van der Waals surface area contributed by atoms with E-state index >= 15 is 0 Å². The zero-order valence-corrected chi connectivity index (χ0v) is 13.9. The molecule has 1 atom stereocenters. The van der Waals surface area contributed by atoms with E-state index in [1.54, 1.807) is 6.20 Å². The number of para-hydroxylation sites is 1. The van der Waals surface area contributed by atoms with Crippen LogP contribution in [0, 0.1) is 5.92 Å². The third-order valence-electron chi connectivity index (χ3n) is 4.66. The number of hydrogen-bond acceptors (Lipinski definition) is 3. The van der Waals surface area contributed by atoms with E-state index in [9.17, 15) is 9.90 Å². The molecule has 1 aliphatic rings. The van der Waals surface area contributed by atoms with Crippen molar-refractivity contribution in [1.29, 1.82) is 0 Å². The number of fused-ring (bicyclic) bond motifs is 2. The zero-order valence-electron chi connectivity index (χ0n) is 13.9. The van der Waals surface area contributed by atoms with Gasteiger partial charge in [0.2, 0.25) is 0 Å². The van der Waals surface area contributed by atoms with Crippen LogP contribution in [-0.4, -0.2) is 21.0 Å². The van der Waals surface area contributed by atoms with Crippen molar-refractivity contribution in [1.82, 2.24) is 9.97 Å². The molecular weight excluding hydrogens is 312 g/mol. The second kappa shape index (κ2) is 6.13. The molecule has 2 heterocycles. The predicted molar refractivity (Wildman–Crippen MR) is 98.3 cm³/mol. The van der Waals surface area contributed by atoms with E-state index < -0.39 is 5.97 Å². The van der Waals surface area contributed by atoms with Crippen LogP contribution in [0.25, 0.3) is 22.6 Å². The molecule has 1 aromatic carbocycles. The van der Waals surface area contributed by atoms with Crippen molar-refractivity contribution in [2.45, 2.75) is 19.8 Å². The SMILES string of the molecule is CC1CC(=Cc2cccnc2)c2nc3ccccc3c(C(=O)O)c2C1. The lowest BCUT2D eigenvalue weighted by Crippen LogP contribution is -2.17. The normalized spacial score (nSPS) is 18.3. The molecule has 0 aliphatic heterocycles. The summed E-state index contributed by atoms with van der Waals surface area (Å²) in [7, 11) is 0. The summed E-state index contributed by atoms with van der Waals surface area (Å²) in [5.74, 6) is -0.513. The quantitative estimate of drug-likeness (QED) is 0.754. The summed E-state index contributed by atoms with van der Waals surface area (Å²) in [4.78, 5) is 21.0. The van der Waals surface area contributed by atoms with Crippen molar-refractivity contribution < 1.29 is 9.90 Å². The Balaban J connectivity index is 2.00. The summed E-state index contributed by atoms with van der Waals surface area (Å²) in [6.45, 7) is 2.15. The van der Waals surface area contributed by atoms with Crippen molar-refractivity contribution in [3.05, 3.63) is 71.2 Å². The topological polar surface area (TPSA) is 63.1 Å². The molecule has 4 rings (SSSR count). The Kier molecular flexibility index (Phi) is 3.80. The van der Waals surface area contributed by atoms with Gasteiger partial charge in [-0.3, -0.25) is 4.98 Å². The monoisotopic (exact) mass is 330 g/mol. The number of carboxylic acids is 1. The van der Waals surface area contributed by atoms with Gasteiger partial charge in [0.1, 0.15) is 0 Å². The highest BCUT2D eigenvalue weighted by molar-refractivity contribution is 6.05. The Bertz CT molecular complexity index is 993. The molecule has 0 radical (unpaired) electrons. The molecule has 124 valence electrons. The van der Waals surface area contributed by atoms with Gasteiger partial charge in [-0.1, -0.05) is 31.2 Å². The molecule has 4 nitrogen and oxygen atoms in total. The van der Waals surface area contributed by atoms with E-state index in [2.05, 4.69) is 18.0 Å². The number of nitrogens with zero attached hydrogens (tertiary/aromatic N) is 2. The summed E-state index contributed by atoms with van der Waals surface area (Å²) < 4.78 is 0. The third-order valence-corrected chi connectivity index (χ3v) is 4.66. The smallest absolute Gasteiger partial charge is 0.336 e. The predicted octanol–water partition coefficient (Wildman–Crippen LogP) is 4.45. The number of allylic oxidation sites excluding steroid dienone is 1. The van der Waals surface area contributed by atoms with Crippen molar-refractivity contribution in [2.24, 2.45) is 5.92 Å². The maximum Gasteiger partial charge on any atom is 0.336 e. The molecule has 4 heteroatoms. The second-order valence-electron chi connectivity index (χ2n) is 6.61. The van der Waals surface area contributed by atoms with Crippen LogP contribution >= 0.6 is 0 Å². The second-order valence-corrected chi connectivity index (χ2v) is 6.61. The Morgan fingerprint density at radius 3 is 2.80 bits per heavy atom. The highest BCUT2D eigenvalue weighted by atomic mass is 16.4. The standard InChI is InChI=1S/C21H18N2O2/c1-13-9-15(11-14-5-4-8-22-12-14)20-17(10-13)19(21(24)25)16-6-2-3-7-18(16)23-20/h2-8,11-13H,9-10H2,1H3,(H,24,25). The van der Waals surface area contributed by atoms with Crippen LogP contribution in [0.3, 0.4) is 0 Å². The van der Waals surface area contributed by atoms with Crippen LogP contribution in [-0.2, 0) is 6.42 Å². The molecular formula is C21H18N2O2. The van der Waals surface area contributed by atoms with Crippen LogP contribution in [0.1, 0.15) is 40.5 Å². The summed E-state index contributed by atoms with van der Waals surface area (Å²) in [5.41, 5.74) is 4.87. The largest absolute Gasteiger partial charge is 0.478 e. The van der Waals surface area contributed by atoms with Crippen molar-refractivity contribution in [2.75, 3.05) is 0 Å². The fourth-order valence-electron chi connectivity index (χ4n) is 3.64. The number of carboxylic acid groups (broad SMARTS) is 1. The van der Waals surface area contributed by atoms with Crippen molar-refractivity contribution >= 4 is 28.5 Å². The average molecular weight is 330 g/mol. The number of pyridine rings is 2. The molecule has 0 saturated carbocycles. The van der Waals surface area contributed by atoms with E-state index in [-0.39, 0.29) is 0 Å². The maximum absolute atomic E-state index is 12.0. The van der Waals surface area contributed by atoms with Gasteiger partial charge in [-0.25, -0.2) is 9.78 Å². The summed E-state index contributed by atoms with van der Waals surface area (Å²) in [5, 5.41) is 10.6. The van der Waals surface area contributed by atoms with E-state index in [4.69, 9.17) is 4.98 Å². The molecule has 0 saturated heterocycles. The summed E-state index contributed by atoms with van der Waals surface area (Å²) in [6, 6.07) is 11.4. The molecule has 25 heavy (non-hydrogen) atoms. The summed E-state index contributed by atoms with van der Waals surface area (Å²) in [6.07, 6.45) is 7.25. The molecule has 0 fully saturated rings. The molecule has 0 bridgehead atoms. The minimum absolute atomic E-state index is 0.372. The summed E-state index contributed by atoms with van der Waals surface area (Å²) >= 11 is 0. The zero-order chi connectivity index (χ0) is 17.4. The van der Waals surface area contributed by atoms with E-state index in [0.717, 1.165) is 40.8 Å². The van der Waals surface area contributed by atoms with Gasteiger partial charge in [-0.05, 0) is 53.7 Å². The number of carbonyl (C=O) groups is 1. The van der Waals surface area contributed by atoms with Gasteiger partial charge in [0.15, 0.2) is 0 Å². The average Bonchev–Trinajstić information content (AvgIpc) is 2.60. The lowest BCUT2D eigenvalue weighted by atomic mass is 9.80. The Labute approximate surface area is 145 Å². The molecule has 0 spiro atoms. The number of benzene rings is 1. The van der Waals surface area contributed by atoms with Crippen molar-refractivity contribution in [3.8, 4) is 0 Å². The first-order valence-electron chi connectivity index (χ1n) is 8.39. The van der Waals surface area contributed by atoms with Gasteiger partial charge in [-0.15, -0.1) is 0 Å².